The second kappa shape index (κ2) is 35.7. The molecule has 1 aliphatic carbocycles. The average molecular weight is 1540 g/mol. The Hall–Kier alpha value is -8.87. The monoisotopic (exact) mass is 1540 g/mol. The van der Waals surface area contributed by atoms with Gasteiger partial charge in [-0.1, -0.05) is 54.6 Å². The van der Waals surface area contributed by atoms with Gasteiger partial charge >= 0.3 is 18.7 Å². The minimum Gasteiger partial charge on any atom is -0.406 e. The number of benzene rings is 3. The Bertz CT molecular complexity index is 4140. The van der Waals surface area contributed by atoms with Crippen LogP contribution in [-0.4, -0.2) is 141 Å². The van der Waals surface area contributed by atoms with Gasteiger partial charge < -0.3 is 55.9 Å². The lowest BCUT2D eigenvalue weighted by molar-refractivity contribution is -0.274. The number of halogens is 12. The fourth-order valence-corrected chi connectivity index (χ4v) is 15.9. The van der Waals surface area contributed by atoms with Crippen LogP contribution in [0.25, 0.3) is 0 Å². The van der Waals surface area contributed by atoms with Crippen molar-refractivity contribution in [2.24, 2.45) is 17.1 Å². The van der Waals surface area contributed by atoms with E-state index in [0.717, 1.165) is 53.1 Å². The second-order valence-electron chi connectivity index (χ2n) is 26.2. The molecule has 1 saturated carbocycles. The number of anilines is 6. The van der Waals surface area contributed by atoms with E-state index in [-0.39, 0.29) is 89.5 Å². The summed E-state index contributed by atoms with van der Waals surface area (Å²) < 4.78 is 201. The van der Waals surface area contributed by atoms with Crippen LogP contribution in [0.3, 0.4) is 0 Å². The third-order valence-electron chi connectivity index (χ3n) is 18.9. The van der Waals surface area contributed by atoms with Gasteiger partial charge in [0.15, 0.2) is 40.7 Å². The lowest BCUT2D eigenvalue weighted by Crippen LogP contribution is -2.47. The zero-order valence-corrected chi connectivity index (χ0v) is 59.2. The van der Waals surface area contributed by atoms with E-state index in [0.29, 0.717) is 122 Å². The first-order valence-corrected chi connectivity index (χ1v) is 36.9. The lowest BCUT2D eigenvalue weighted by atomic mass is 9.79. The largest absolute Gasteiger partial charge is 0.573 e. The number of hydrogen-bond donors (Lipinski definition) is 6. The number of morpholine rings is 1. The maximum absolute atomic E-state index is 15.6. The van der Waals surface area contributed by atoms with Gasteiger partial charge in [-0.05, 0) is 136 Å². The first-order chi connectivity index (χ1) is 50.6. The molecule has 7 N–H and O–H groups in total. The standard InChI is InChI=1S/C25H30F7N5O3S.C24H29F4N5O2.C21H22FN5O2S/c26-21-22(33-13-16-4-8-18(9-5-16)36-41(38,39)14-24(27,28)29)34-15-35-23(21)37-12-2-1-3-20(37)17-6-10-19(11-7-17)40-25(30,31)32;1-29-22(34)23(9-12-35-13-10-23)14-30-20-19(25)21(32-15-31-20)33-11-3-2-4-18(33)16-5-7-17(8-6-16)24(26,27)28;22-19-20(24-11-16-7-6-15(30-16)10-18(23)28)25-13-26-21(19)27-8-9-29-12-17(27)14-4-2-1-3-5-14/h6-7,10-11,15-16,18,20,36H,1-5,8-9,12-14H2,(H,33,34,35);5-8,15,18H,2-4,9-14H2,1H3,(H,29,34)(H,30,31,32);1-7,13,17H,8-12H2,(H2,23,28)(H,24,25,26). The molecule has 0 radical (unpaired) electrons. The molecule has 0 bridgehead atoms. The molecule has 5 aliphatic rings. The number of rotatable bonds is 22. The number of carbonyl (C=O) groups is 2. The zero-order valence-electron chi connectivity index (χ0n) is 57.6. The zero-order chi connectivity index (χ0) is 75.8. The Balaban J connectivity index is 0.000000172. The van der Waals surface area contributed by atoms with Crippen molar-refractivity contribution in [1.29, 1.82) is 0 Å². The third-order valence-corrected chi connectivity index (χ3v) is 21.4. The predicted molar refractivity (Wildman–Crippen MR) is 373 cm³/mol. The topological polar surface area (TPSA) is 269 Å². The van der Waals surface area contributed by atoms with Gasteiger partial charge in [0.25, 0.3) is 0 Å². The number of sulfonamides is 1. The van der Waals surface area contributed by atoms with E-state index in [1.54, 1.807) is 16.8 Å². The molecule has 8 heterocycles. The molecule has 5 fully saturated rings. The van der Waals surface area contributed by atoms with Crippen molar-refractivity contribution in [1.82, 2.24) is 39.9 Å². The molecule has 4 aliphatic heterocycles. The number of carbonyl (C=O) groups excluding carboxylic acids is 2. The van der Waals surface area contributed by atoms with E-state index < -0.39 is 69.0 Å². The summed E-state index contributed by atoms with van der Waals surface area (Å²) in [6, 6.07) is 22.7. The number of amides is 2. The number of thiophene rings is 1. The smallest absolute Gasteiger partial charge is 0.406 e. The van der Waals surface area contributed by atoms with Crippen molar-refractivity contribution >= 4 is 68.1 Å². The number of ether oxygens (including phenoxy) is 3. The van der Waals surface area contributed by atoms with E-state index in [1.165, 1.54) is 66.7 Å². The normalized spacial score (nSPS) is 20.0. The van der Waals surface area contributed by atoms with Crippen molar-refractivity contribution in [3.8, 4) is 5.75 Å². The molecule has 4 aromatic heterocycles. The summed E-state index contributed by atoms with van der Waals surface area (Å²) in [6.07, 6.45) is -2.65. The quantitative estimate of drug-likeness (QED) is 0.0344. The van der Waals surface area contributed by atoms with Crippen LogP contribution in [0.15, 0.2) is 110 Å². The molecule has 12 rings (SSSR count). The molecular weight excluding hydrogens is 1450 g/mol. The maximum Gasteiger partial charge on any atom is 0.573 e. The maximum atomic E-state index is 15.6. The van der Waals surface area contributed by atoms with Gasteiger partial charge in [-0.15, -0.1) is 24.5 Å². The van der Waals surface area contributed by atoms with E-state index in [9.17, 15) is 57.5 Å². The van der Waals surface area contributed by atoms with Crippen LogP contribution in [0.2, 0.25) is 0 Å². The molecule has 3 unspecified atom stereocenters. The fourth-order valence-electron chi connectivity index (χ4n) is 13.7. The molecule has 7 aromatic rings. The molecule has 36 heteroatoms. The minimum absolute atomic E-state index is 0.0125. The second-order valence-corrected chi connectivity index (χ2v) is 29.2. The Kier molecular flexibility index (Phi) is 26.8. The minimum atomic E-state index is -4.82. The highest BCUT2D eigenvalue weighted by molar-refractivity contribution is 7.89. The van der Waals surface area contributed by atoms with Crippen LogP contribution in [0, 0.1) is 28.8 Å². The van der Waals surface area contributed by atoms with Gasteiger partial charge in [0.2, 0.25) is 39.3 Å². The summed E-state index contributed by atoms with van der Waals surface area (Å²) in [7, 11) is -2.91. The number of hydrogen-bond acceptors (Lipinski definition) is 20. The van der Waals surface area contributed by atoms with Crippen LogP contribution in [0.1, 0.15) is 127 Å². The number of aromatic nitrogens is 6. The number of nitrogens with two attached hydrogens (primary N) is 1. The predicted octanol–water partition coefficient (Wildman–Crippen LogP) is 12.9. The molecule has 106 heavy (non-hydrogen) atoms. The van der Waals surface area contributed by atoms with E-state index in [1.807, 2.05) is 47.4 Å². The molecule has 2 amide bonds. The van der Waals surface area contributed by atoms with Crippen LogP contribution in [-0.2, 0) is 48.2 Å². The van der Waals surface area contributed by atoms with Crippen LogP contribution >= 0.6 is 11.3 Å². The highest BCUT2D eigenvalue weighted by atomic mass is 32.2. The summed E-state index contributed by atoms with van der Waals surface area (Å²) in [5.74, 6) is -4.07. The van der Waals surface area contributed by atoms with Gasteiger partial charge in [0.05, 0.1) is 55.3 Å². The first kappa shape index (κ1) is 79.7. The summed E-state index contributed by atoms with van der Waals surface area (Å²) in [5.41, 5.74) is 6.18. The molecule has 4 saturated heterocycles. The summed E-state index contributed by atoms with van der Waals surface area (Å²) in [4.78, 5) is 55.7. The number of primary amides is 1. The van der Waals surface area contributed by atoms with Crippen molar-refractivity contribution in [2.45, 2.75) is 133 Å². The van der Waals surface area contributed by atoms with Crippen LogP contribution in [0.4, 0.5) is 87.6 Å². The highest BCUT2D eigenvalue weighted by Gasteiger charge is 2.42. The van der Waals surface area contributed by atoms with Gasteiger partial charge in [-0.3, -0.25) is 9.59 Å². The number of nitrogens with one attached hydrogen (secondary N) is 5. The molecule has 3 aromatic carbocycles. The van der Waals surface area contributed by atoms with Crippen LogP contribution < -0.4 is 51.2 Å². The SMILES string of the molecule is CNC(=O)C1(CNc2ncnc(N3CCCCC3c3ccc(C(F)(F)F)cc3)c2F)CCOCC1.NC(=O)Cc1ccc(CNc2ncnc(N3CCOCC3c3ccccc3)c2F)s1.O=S(=O)(CC(F)(F)F)NC1CCC(CNc2ncnc(N3CCCCC3c3ccc(OC(F)(F)F)cc3)c2F)CC1. The van der Waals surface area contributed by atoms with Gasteiger partial charge in [0.1, 0.15) is 24.7 Å². The van der Waals surface area contributed by atoms with Gasteiger partial charge in [-0.2, -0.15) is 39.5 Å². The van der Waals surface area contributed by atoms with E-state index in [4.69, 9.17) is 15.2 Å². The van der Waals surface area contributed by atoms with Crippen molar-refractivity contribution < 1.29 is 84.9 Å². The van der Waals surface area contributed by atoms with Gasteiger partial charge in [0, 0.05) is 68.8 Å². The van der Waals surface area contributed by atoms with E-state index in [2.05, 4.69) is 60.6 Å². The number of nitrogens with zero attached hydrogens (tertiary/aromatic N) is 9. The Morgan fingerprint density at radius 1 is 0.604 bits per heavy atom. The fraction of sp³-hybridized carbons (Fsp3) is 0.486. The molecular formula is C70H81F12N15O7S2. The summed E-state index contributed by atoms with van der Waals surface area (Å²) >= 11 is 1.46. The number of alkyl halides is 9. The number of piperidine rings is 2. The van der Waals surface area contributed by atoms with Crippen LogP contribution in [0.5, 0.6) is 5.75 Å². The summed E-state index contributed by atoms with van der Waals surface area (Å²) in [6.45, 7) is 4.28. The molecule has 574 valence electrons. The van der Waals surface area contributed by atoms with Crippen molar-refractivity contribution in [3.63, 3.8) is 0 Å². The molecule has 22 nitrogen and oxygen atoms in total. The Morgan fingerprint density at radius 2 is 1.12 bits per heavy atom. The van der Waals surface area contributed by atoms with E-state index >= 15 is 13.2 Å². The van der Waals surface area contributed by atoms with Gasteiger partial charge in [-0.25, -0.2) is 43.0 Å². The lowest BCUT2D eigenvalue weighted by Gasteiger charge is -2.37. The first-order valence-electron chi connectivity index (χ1n) is 34.5. The third kappa shape index (κ3) is 21.7. The molecule has 0 spiro atoms. The van der Waals surface area contributed by atoms with Crippen molar-refractivity contribution in [2.75, 3.05) is 103 Å². The Labute approximate surface area is 608 Å². The van der Waals surface area contributed by atoms with Crippen molar-refractivity contribution in [3.05, 3.63) is 159 Å². The average Bonchev–Trinajstić information content (AvgIpc) is 0.865. The highest BCUT2D eigenvalue weighted by Crippen LogP contribution is 2.42. The Morgan fingerprint density at radius 3 is 1.65 bits per heavy atom. The summed E-state index contributed by atoms with van der Waals surface area (Å²) in [5, 5.41) is 11.7. The molecule has 3 atom stereocenters.